The van der Waals surface area contributed by atoms with Crippen molar-refractivity contribution in [3.63, 3.8) is 0 Å². The largest absolute Gasteiger partial charge is 0.396 e. The van der Waals surface area contributed by atoms with E-state index in [-0.39, 0.29) is 23.1 Å². The van der Waals surface area contributed by atoms with Crippen molar-refractivity contribution in [1.82, 2.24) is 5.32 Å². The summed E-state index contributed by atoms with van der Waals surface area (Å²) in [7, 11) is 0. The number of aliphatic hydroxyl groups is 1. The molecule has 2 nitrogen and oxygen atoms in total. The Labute approximate surface area is 129 Å². The molecule has 0 aromatic heterocycles. The highest BCUT2D eigenvalue weighted by Crippen LogP contribution is 2.37. The standard InChI is InChI=1S/C15H20Cl2FNO/c1-10(11-6-14(18)13(17)7-12(11)16)19-8-15(9-20)4-2-3-5-15/h6-7,10,19-20H,2-5,8-9H2,1H3. The summed E-state index contributed by atoms with van der Waals surface area (Å²) in [5, 5.41) is 13.5. The van der Waals surface area contributed by atoms with Gasteiger partial charge in [0.25, 0.3) is 0 Å². The molecule has 1 atom stereocenters. The number of halogens is 3. The Morgan fingerprint density at radius 3 is 2.55 bits per heavy atom. The van der Waals surface area contributed by atoms with Crippen LogP contribution in [0.1, 0.15) is 44.2 Å². The second kappa shape index (κ2) is 6.61. The molecule has 1 fully saturated rings. The average Bonchev–Trinajstić information content (AvgIpc) is 2.90. The minimum atomic E-state index is -0.461. The van der Waals surface area contributed by atoms with E-state index in [1.54, 1.807) is 0 Å². The van der Waals surface area contributed by atoms with Gasteiger partial charge in [0, 0.05) is 29.6 Å². The quantitative estimate of drug-likeness (QED) is 0.791. The number of aliphatic hydroxyl groups excluding tert-OH is 1. The summed E-state index contributed by atoms with van der Waals surface area (Å²) in [4.78, 5) is 0. The zero-order valence-corrected chi connectivity index (χ0v) is 13.1. The molecule has 0 saturated heterocycles. The Bertz CT molecular complexity index is 475. The molecular formula is C15H20Cl2FNO. The van der Waals surface area contributed by atoms with E-state index in [4.69, 9.17) is 23.2 Å². The van der Waals surface area contributed by atoms with Gasteiger partial charge < -0.3 is 10.4 Å². The van der Waals surface area contributed by atoms with Crippen molar-refractivity contribution in [2.24, 2.45) is 5.41 Å². The Balaban J connectivity index is 2.05. The van der Waals surface area contributed by atoms with Crippen molar-refractivity contribution in [1.29, 1.82) is 0 Å². The molecule has 5 heteroatoms. The lowest BCUT2D eigenvalue weighted by atomic mass is 9.87. The normalized spacial score (nSPS) is 19.2. The SMILES string of the molecule is CC(NCC1(CO)CCCC1)c1cc(F)c(Cl)cc1Cl. The molecule has 20 heavy (non-hydrogen) atoms. The number of nitrogens with one attached hydrogen (secondary N) is 1. The lowest BCUT2D eigenvalue weighted by Crippen LogP contribution is -2.36. The van der Waals surface area contributed by atoms with Crippen LogP contribution in [0.15, 0.2) is 12.1 Å². The molecule has 1 aromatic rings. The van der Waals surface area contributed by atoms with Gasteiger partial charge >= 0.3 is 0 Å². The second-order valence-corrected chi connectivity index (χ2v) is 6.57. The highest BCUT2D eigenvalue weighted by Gasteiger charge is 2.33. The highest BCUT2D eigenvalue weighted by atomic mass is 35.5. The van der Waals surface area contributed by atoms with E-state index < -0.39 is 5.82 Å². The summed E-state index contributed by atoms with van der Waals surface area (Å²) >= 11 is 11.8. The van der Waals surface area contributed by atoms with Crippen molar-refractivity contribution in [2.75, 3.05) is 13.2 Å². The lowest BCUT2D eigenvalue weighted by molar-refractivity contribution is 0.125. The lowest BCUT2D eigenvalue weighted by Gasteiger charge is -2.29. The molecular weight excluding hydrogens is 300 g/mol. The minimum absolute atomic E-state index is 0.0357. The molecule has 2 N–H and O–H groups in total. The Hall–Kier alpha value is -0.350. The van der Waals surface area contributed by atoms with Crippen LogP contribution in [0.25, 0.3) is 0 Å². The van der Waals surface area contributed by atoms with Crippen molar-refractivity contribution in [3.05, 3.63) is 33.6 Å². The fraction of sp³-hybridized carbons (Fsp3) is 0.600. The van der Waals surface area contributed by atoms with E-state index in [1.807, 2.05) is 6.92 Å². The summed E-state index contributed by atoms with van der Waals surface area (Å²) in [6.45, 7) is 2.84. The summed E-state index contributed by atoms with van der Waals surface area (Å²) in [5.74, 6) is -0.461. The predicted molar refractivity (Wildman–Crippen MR) is 80.8 cm³/mol. The molecule has 0 heterocycles. The van der Waals surface area contributed by atoms with Crippen LogP contribution in [0, 0.1) is 11.2 Å². The number of hydrogen-bond donors (Lipinski definition) is 2. The fourth-order valence-corrected chi connectivity index (χ4v) is 3.41. The summed E-state index contributed by atoms with van der Waals surface area (Å²) < 4.78 is 13.5. The number of hydrogen-bond acceptors (Lipinski definition) is 2. The second-order valence-electron chi connectivity index (χ2n) is 5.76. The third-order valence-electron chi connectivity index (χ3n) is 4.29. The predicted octanol–water partition coefficient (Wildman–Crippen LogP) is 4.34. The highest BCUT2D eigenvalue weighted by molar-refractivity contribution is 6.35. The van der Waals surface area contributed by atoms with Crippen molar-refractivity contribution < 1.29 is 9.50 Å². The molecule has 0 radical (unpaired) electrons. The topological polar surface area (TPSA) is 32.3 Å². The molecule has 2 rings (SSSR count). The van der Waals surface area contributed by atoms with Gasteiger partial charge in [0.05, 0.1) is 5.02 Å². The molecule has 1 unspecified atom stereocenters. The maximum absolute atomic E-state index is 13.5. The van der Waals surface area contributed by atoms with Crippen LogP contribution in [0.4, 0.5) is 4.39 Å². The van der Waals surface area contributed by atoms with Crippen LogP contribution >= 0.6 is 23.2 Å². The molecule has 0 spiro atoms. The van der Waals surface area contributed by atoms with Gasteiger partial charge in [-0.1, -0.05) is 36.0 Å². The maximum Gasteiger partial charge on any atom is 0.142 e. The van der Waals surface area contributed by atoms with E-state index in [0.717, 1.165) is 25.7 Å². The molecule has 0 bridgehead atoms. The van der Waals surface area contributed by atoms with Crippen LogP contribution in [-0.4, -0.2) is 18.3 Å². The zero-order chi connectivity index (χ0) is 14.8. The smallest absolute Gasteiger partial charge is 0.142 e. The van der Waals surface area contributed by atoms with Crippen molar-refractivity contribution >= 4 is 23.2 Å². The Morgan fingerprint density at radius 2 is 1.95 bits per heavy atom. The van der Waals surface area contributed by atoms with Crippen LogP contribution in [0.3, 0.4) is 0 Å². The summed E-state index contributed by atoms with van der Waals surface area (Å²) in [5.41, 5.74) is 0.658. The van der Waals surface area contributed by atoms with E-state index in [0.29, 0.717) is 17.1 Å². The van der Waals surface area contributed by atoms with Gasteiger partial charge in [-0.2, -0.15) is 0 Å². The van der Waals surface area contributed by atoms with Gasteiger partial charge in [0.2, 0.25) is 0 Å². The molecule has 0 aliphatic heterocycles. The molecule has 0 amide bonds. The first-order chi connectivity index (χ1) is 9.47. The van der Waals surface area contributed by atoms with Gasteiger partial charge in [-0.3, -0.25) is 0 Å². The summed E-state index contributed by atoms with van der Waals surface area (Å²) in [6.07, 6.45) is 4.39. The molecule has 1 aliphatic carbocycles. The molecule has 112 valence electrons. The van der Waals surface area contributed by atoms with Crippen LogP contribution < -0.4 is 5.32 Å². The summed E-state index contributed by atoms with van der Waals surface area (Å²) in [6, 6.07) is 2.73. The Kier molecular flexibility index (Phi) is 5.30. The monoisotopic (exact) mass is 319 g/mol. The molecule has 1 aromatic carbocycles. The maximum atomic E-state index is 13.5. The van der Waals surface area contributed by atoms with Crippen LogP contribution in [0.5, 0.6) is 0 Å². The van der Waals surface area contributed by atoms with Gasteiger partial charge in [-0.15, -0.1) is 0 Å². The van der Waals surface area contributed by atoms with Gasteiger partial charge in [0.15, 0.2) is 0 Å². The van der Waals surface area contributed by atoms with E-state index in [9.17, 15) is 9.50 Å². The van der Waals surface area contributed by atoms with Crippen LogP contribution in [0.2, 0.25) is 10.0 Å². The van der Waals surface area contributed by atoms with Gasteiger partial charge in [-0.25, -0.2) is 4.39 Å². The first-order valence-corrected chi connectivity index (χ1v) is 7.72. The van der Waals surface area contributed by atoms with E-state index in [2.05, 4.69) is 5.32 Å². The Morgan fingerprint density at radius 1 is 1.30 bits per heavy atom. The third kappa shape index (κ3) is 3.45. The fourth-order valence-electron chi connectivity index (χ4n) is 2.87. The van der Waals surface area contributed by atoms with Crippen molar-refractivity contribution in [2.45, 2.75) is 38.6 Å². The van der Waals surface area contributed by atoms with Crippen LogP contribution in [-0.2, 0) is 0 Å². The number of benzene rings is 1. The van der Waals surface area contributed by atoms with E-state index in [1.165, 1.54) is 12.1 Å². The van der Waals surface area contributed by atoms with Crippen molar-refractivity contribution in [3.8, 4) is 0 Å². The third-order valence-corrected chi connectivity index (χ3v) is 4.91. The molecule has 1 aliphatic rings. The number of rotatable bonds is 5. The first-order valence-electron chi connectivity index (χ1n) is 6.96. The zero-order valence-electron chi connectivity index (χ0n) is 11.6. The van der Waals surface area contributed by atoms with Gasteiger partial charge in [-0.05, 0) is 37.5 Å². The average molecular weight is 320 g/mol. The minimum Gasteiger partial charge on any atom is -0.396 e. The first kappa shape index (κ1) is 16.0. The van der Waals surface area contributed by atoms with Gasteiger partial charge in [0.1, 0.15) is 5.82 Å². The molecule has 1 saturated carbocycles. The van der Waals surface area contributed by atoms with E-state index >= 15 is 0 Å².